The van der Waals surface area contributed by atoms with Crippen molar-refractivity contribution in [2.75, 3.05) is 10.6 Å². The number of anilines is 2. The number of nitrogens with zero attached hydrogens (tertiary/aromatic N) is 4. The molecule has 8 heteroatoms. The highest BCUT2D eigenvalue weighted by molar-refractivity contribution is 6.05. The number of rotatable bonds is 4. The monoisotopic (exact) mass is 338 g/mol. The molecule has 2 amide bonds. The van der Waals surface area contributed by atoms with E-state index >= 15 is 0 Å². The molecule has 2 aromatic heterocycles. The Labute approximate surface area is 144 Å². The fraction of sp³-hybridized carbons (Fsp3) is 0.176. The lowest BCUT2D eigenvalue weighted by Crippen LogP contribution is -2.14. The van der Waals surface area contributed by atoms with Crippen molar-refractivity contribution < 1.29 is 9.59 Å². The second kappa shape index (κ2) is 6.60. The van der Waals surface area contributed by atoms with E-state index < -0.39 is 0 Å². The lowest BCUT2D eigenvalue weighted by atomic mass is 10.2. The van der Waals surface area contributed by atoms with E-state index in [2.05, 4.69) is 20.8 Å². The lowest BCUT2D eigenvalue weighted by molar-refractivity contribution is 0.101. The van der Waals surface area contributed by atoms with Crippen LogP contribution in [0.3, 0.4) is 0 Å². The van der Waals surface area contributed by atoms with E-state index in [-0.39, 0.29) is 11.8 Å². The first-order chi connectivity index (χ1) is 11.9. The molecular formula is C17H18N6O2. The van der Waals surface area contributed by atoms with Crippen LogP contribution < -0.4 is 10.6 Å². The van der Waals surface area contributed by atoms with Crippen molar-refractivity contribution in [3.63, 3.8) is 0 Å². The minimum atomic E-state index is -0.289. The average molecular weight is 338 g/mol. The Morgan fingerprint density at radius 3 is 2.04 bits per heavy atom. The van der Waals surface area contributed by atoms with Crippen LogP contribution >= 0.6 is 0 Å². The van der Waals surface area contributed by atoms with Gasteiger partial charge in [0.05, 0.1) is 11.8 Å². The molecule has 0 saturated heterocycles. The molecule has 0 unspecified atom stereocenters. The van der Waals surface area contributed by atoms with Gasteiger partial charge in [-0.3, -0.25) is 19.0 Å². The zero-order chi connectivity index (χ0) is 18.0. The summed E-state index contributed by atoms with van der Waals surface area (Å²) in [7, 11) is 3.53. The molecule has 1 aromatic carbocycles. The highest BCUT2D eigenvalue weighted by Gasteiger charge is 2.13. The van der Waals surface area contributed by atoms with Crippen molar-refractivity contribution in [2.45, 2.75) is 6.92 Å². The van der Waals surface area contributed by atoms with Crippen molar-refractivity contribution in [1.29, 1.82) is 0 Å². The van der Waals surface area contributed by atoms with E-state index in [1.807, 2.05) is 6.92 Å². The zero-order valence-electron chi connectivity index (χ0n) is 14.1. The molecule has 128 valence electrons. The summed E-state index contributed by atoms with van der Waals surface area (Å²) in [6.07, 6.45) is 3.24. The van der Waals surface area contributed by atoms with E-state index in [0.717, 1.165) is 5.69 Å². The van der Waals surface area contributed by atoms with Crippen LogP contribution in [0, 0.1) is 6.92 Å². The number of carbonyl (C=O) groups is 2. The molecule has 3 rings (SSSR count). The van der Waals surface area contributed by atoms with Crippen LogP contribution in [0.25, 0.3) is 0 Å². The Morgan fingerprint density at radius 2 is 1.56 bits per heavy atom. The molecule has 0 atom stereocenters. The highest BCUT2D eigenvalue weighted by Crippen LogP contribution is 2.16. The maximum Gasteiger partial charge on any atom is 0.276 e. The normalized spacial score (nSPS) is 10.5. The van der Waals surface area contributed by atoms with Gasteiger partial charge in [0.25, 0.3) is 11.8 Å². The van der Waals surface area contributed by atoms with Crippen LogP contribution in [0.2, 0.25) is 0 Å². The van der Waals surface area contributed by atoms with Crippen molar-refractivity contribution in [3.8, 4) is 0 Å². The summed E-state index contributed by atoms with van der Waals surface area (Å²) < 4.78 is 3.21. The number of nitrogens with one attached hydrogen (secondary N) is 2. The van der Waals surface area contributed by atoms with Gasteiger partial charge < -0.3 is 10.6 Å². The molecule has 0 saturated carbocycles. The molecule has 3 aromatic rings. The van der Waals surface area contributed by atoms with Gasteiger partial charge >= 0.3 is 0 Å². The van der Waals surface area contributed by atoms with Gasteiger partial charge in [0, 0.05) is 37.4 Å². The Kier molecular flexibility index (Phi) is 4.34. The van der Waals surface area contributed by atoms with Gasteiger partial charge in [0.2, 0.25) is 0 Å². The second-order valence-electron chi connectivity index (χ2n) is 5.63. The first-order valence-electron chi connectivity index (χ1n) is 7.65. The molecule has 0 fully saturated rings. The average Bonchev–Trinajstić information content (AvgIpc) is 3.16. The van der Waals surface area contributed by atoms with Crippen LogP contribution in [0.15, 0.2) is 42.7 Å². The molecule has 0 bridgehead atoms. The standard InChI is InChI=1S/C17H18N6O2/c1-11-14(10-18-23(11)3)16(24)19-12-4-6-13(7-5-12)20-17(25)15-8-9-22(2)21-15/h4-10H,1-3H3,(H,19,24)(H,20,25). The summed E-state index contributed by atoms with van der Waals surface area (Å²) in [4.78, 5) is 24.3. The molecule has 0 spiro atoms. The van der Waals surface area contributed by atoms with E-state index in [0.29, 0.717) is 22.6 Å². The SMILES string of the molecule is Cc1c(C(=O)Nc2ccc(NC(=O)c3ccn(C)n3)cc2)cnn1C. The third-order valence-corrected chi connectivity index (χ3v) is 3.83. The summed E-state index contributed by atoms with van der Waals surface area (Å²) in [6.45, 7) is 1.83. The Morgan fingerprint density at radius 1 is 0.960 bits per heavy atom. The molecule has 0 aliphatic rings. The smallest absolute Gasteiger partial charge is 0.276 e. The van der Waals surface area contributed by atoms with Crippen LogP contribution in [0.4, 0.5) is 11.4 Å². The number of amides is 2. The summed E-state index contributed by atoms with van der Waals surface area (Å²) in [6, 6.07) is 8.51. The Bertz CT molecular complexity index is 923. The number of hydrogen-bond acceptors (Lipinski definition) is 4. The van der Waals surface area contributed by atoms with Crippen LogP contribution in [-0.4, -0.2) is 31.4 Å². The third-order valence-electron chi connectivity index (χ3n) is 3.83. The zero-order valence-corrected chi connectivity index (χ0v) is 14.1. The quantitative estimate of drug-likeness (QED) is 0.760. The molecular weight excluding hydrogens is 320 g/mol. The van der Waals surface area contributed by atoms with Crippen molar-refractivity contribution in [3.05, 3.63) is 59.7 Å². The summed E-state index contributed by atoms with van der Waals surface area (Å²) in [5, 5.41) is 13.7. The van der Waals surface area contributed by atoms with Gasteiger partial charge in [-0.15, -0.1) is 0 Å². The summed E-state index contributed by atoms with van der Waals surface area (Å²) >= 11 is 0. The molecule has 0 aliphatic heterocycles. The maximum atomic E-state index is 12.3. The van der Waals surface area contributed by atoms with Crippen molar-refractivity contribution >= 4 is 23.2 Å². The molecule has 2 N–H and O–H groups in total. The molecule has 25 heavy (non-hydrogen) atoms. The first-order valence-corrected chi connectivity index (χ1v) is 7.65. The van der Waals surface area contributed by atoms with Gasteiger partial charge in [0.1, 0.15) is 0 Å². The maximum absolute atomic E-state index is 12.3. The Balaban J connectivity index is 1.65. The molecule has 2 heterocycles. The van der Waals surface area contributed by atoms with Crippen molar-refractivity contribution in [2.24, 2.45) is 14.1 Å². The van der Waals surface area contributed by atoms with Gasteiger partial charge in [-0.05, 0) is 37.3 Å². The van der Waals surface area contributed by atoms with E-state index in [1.54, 1.807) is 60.0 Å². The van der Waals surface area contributed by atoms with Gasteiger partial charge in [-0.1, -0.05) is 0 Å². The van der Waals surface area contributed by atoms with E-state index in [1.165, 1.54) is 6.20 Å². The summed E-state index contributed by atoms with van der Waals surface area (Å²) in [5.41, 5.74) is 2.90. The van der Waals surface area contributed by atoms with Crippen LogP contribution in [0.1, 0.15) is 26.5 Å². The van der Waals surface area contributed by atoms with Crippen molar-refractivity contribution in [1.82, 2.24) is 19.6 Å². The number of aromatic nitrogens is 4. The summed E-state index contributed by atoms with van der Waals surface area (Å²) in [5.74, 6) is -0.515. The number of hydrogen-bond donors (Lipinski definition) is 2. The molecule has 0 radical (unpaired) electrons. The number of carbonyl (C=O) groups excluding carboxylic acids is 2. The Hall–Kier alpha value is -3.42. The predicted molar refractivity (Wildman–Crippen MR) is 93.5 cm³/mol. The van der Waals surface area contributed by atoms with Gasteiger partial charge in [0.15, 0.2) is 5.69 Å². The third kappa shape index (κ3) is 3.57. The van der Waals surface area contributed by atoms with Gasteiger partial charge in [-0.25, -0.2) is 0 Å². The first kappa shape index (κ1) is 16.4. The minimum absolute atomic E-state index is 0.226. The number of benzene rings is 1. The fourth-order valence-electron chi connectivity index (χ4n) is 2.29. The van der Waals surface area contributed by atoms with Gasteiger partial charge in [-0.2, -0.15) is 10.2 Å². The lowest BCUT2D eigenvalue weighted by Gasteiger charge is -2.07. The molecule has 0 aliphatic carbocycles. The van der Waals surface area contributed by atoms with E-state index in [9.17, 15) is 9.59 Å². The number of aryl methyl sites for hydroxylation is 2. The minimum Gasteiger partial charge on any atom is -0.322 e. The fourth-order valence-corrected chi connectivity index (χ4v) is 2.29. The second-order valence-corrected chi connectivity index (χ2v) is 5.63. The predicted octanol–water partition coefficient (Wildman–Crippen LogP) is 1.97. The van der Waals surface area contributed by atoms with Crippen LogP contribution in [0.5, 0.6) is 0 Å². The molecule has 8 nitrogen and oxygen atoms in total. The topological polar surface area (TPSA) is 93.8 Å². The highest BCUT2D eigenvalue weighted by atomic mass is 16.2. The van der Waals surface area contributed by atoms with E-state index in [4.69, 9.17) is 0 Å². The van der Waals surface area contributed by atoms with Crippen LogP contribution in [-0.2, 0) is 14.1 Å². The largest absolute Gasteiger partial charge is 0.322 e.